The van der Waals surface area contributed by atoms with Crippen molar-refractivity contribution >= 4 is 23.5 Å². The maximum Gasteiger partial charge on any atom is 0.335 e. The summed E-state index contributed by atoms with van der Waals surface area (Å²) in [7, 11) is 3.11. The van der Waals surface area contributed by atoms with Crippen LogP contribution in [0.4, 0.5) is 10.5 Å². The van der Waals surface area contributed by atoms with Crippen LogP contribution in [0.25, 0.3) is 0 Å². The van der Waals surface area contributed by atoms with E-state index in [4.69, 9.17) is 9.47 Å². The van der Waals surface area contributed by atoms with Crippen LogP contribution in [0, 0.1) is 11.3 Å². The zero-order chi connectivity index (χ0) is 28.7. The van der Waals surface area contributed by atoms with Gasteiger partial charge in [0.1, 0.15) is 16.9 Å². The number of rotatable bonds is 7. The fraction of sp³-hybridized carbons (Fsp3) is 0.355. The highest BCUT2D eigenvalue weighted by molar-refractivity contribution is 6.30. The SMILES string of the molecule is COc1ccc(CC2(CN3C[C@@H]4C[C@H](C3)c3cccc(=O)n3C4)C(=O)NC(=O)N(c3ccc(OC)cc3)C2=O)cc1. The van der Waals surface area contributed by atoms with Gasteiger partial charge in [0.15, 0.2) is 0 Å². The number of nitrogens with one attached hydrogen (secondary N) is 1. The number of piperidine rings is 1. The molecule has 2 saturated heterocycles. The average Bonchev–Trinajstić information content (AvgIpc) is 2.97. The number of barbiturate groups is 1. The quantitative estimate of drug-likeness (QED) is 0.446. The summed E-state index contributed by atoms with van der Waals surface area (Å²) >= 11 is 0. The van der Waals surface area contributed by atoms with Crippen molar-refractivity contribution in [3.63, 3.8) is 0 Å². The number of anilines is 1. The first-order chi connectivity index (χ1) is 19.8. The van der Waals surface area contributed by atoms with Crippen LogP contribution in [0.5, 0.6) is 11.5 Å². The van der Waals surface area contributed by atoms with Gasteiger partial charge in [-0.3, -0.25) is 19.7 Å². The Morgan fingerprint density at radius 3 is 2.22 bits per heavy atom. The highest BCUT2D eigenvalue weighted by Gasteiger charge is 2.55. The number of urea groups is 1. The molecule has 0 saturated carbocycles. The summed E-state index contributed by atoms with van der Waals surface area (Å²) < 4.78 is 12.4. The summed E-state index contributed by atoms with van der Waals surface area (Å²) in [6.07, 6.45) is 1.05. The van der Waals surface area contributed by atoms with Crippen LogP contribution in [0.2, 0.25) is 0 Å². The van der Waals surface area contributed by atoms with E-state index in [1.807, 2.05) is 22.8 Å². The molecular formula is C31H32N4O6. The van der Waals surface area contributed by atoms with Gasteiger partial charge >= 0.3 is 6.03 Å². The molecule has 2 aromatic carbocycles. The number of carbonyl (C=O) groups is 3. The van der Waals surface area contributed by atoms with E-state index >= 15 is 0 Å². The fourth-order valence-electron chi connectivity index (χ4n) is 6.59. The third kappa shape index (κ3) is 4.78. The van der Waals surface area contributed by atoms with Gasteiger partial charge in [-0.15, -0.1) is 0 Å². The normalized spacial score (nSPS) is 24.0. The van der Waals surface area contributed by atoms with Gasteiger partial charge in [0, 0.05) is 43.9 Å². The van der Waals surface area contributed by atoms with Crippen molar-refractivity contribution in [3.8, 4) is 11.5 Å². The number of pyridine rings is 1. The Morgan fingerprint density at radius 1 is 0.854 bits per heavy atom. The number of fused-ring (bicyclic) bond motifs is 4. The van der Waals surface area contributed by atoms with Crippen molar-refractivity contribution in [1.29, 1.82) is 0 Å². The number of hydrogen-bond donors (Lipinski definition) is 1. The maximum atomic E-state index is 14.4. The minimum Gasteiger partial charge on any atom is -0.497 e. The highest BCUT2D eigenvalue weighted by Crippen LogP contribution is 2.39. The number of likely N-dealkylation sites (tertiary alicyclic amines) is 1. The molecule has 2 bridgehead atoms. The van der Waals surface area contributed by atoms with E-state index in [1.165, 1.54) is 7.11 Å². The smallest absolute Gasteiger partial charge is 0.335 e. The van der Waals surface area contributed by atoms with Gasteiger partial charge in [-0.25, -0.2) is 9.69 Å². The van der Waals surface area contributed by atoms with Gasteiger partial charge in [-0.2, -0.15) is 0 Å². The molecule has 2 fully saturated rings. The van der Waals surface area contributed by atoms with Gasteiger partial charge in [0.25, 0.3) is 11.5 Å². The second-order valence-electron chi connectivity index (χ2n) is 11.1. The Labute approximate surface area is 237 Å². The minimum atomic E-state index is -1.57. The van der Waals surface area contributed by atoms with Gasteiger partial charge in [0.05, 0.1) is 19.9 Å². The fourth-order valence-corrected chi connectivity index (χ4v) is 6.59. The van der Waals surface area contributed by atoms with Crippen LogP contribution < -0.4 is 25.2 Å². The Morgan fingerprint density at radius 2 is 1.54 bits per heavy atom. The lowest BCUT2D eigenvalue weighted by Crippen LogP contribution is -2.68. The van der Waals surface area contributed by atoms with Crippen LogP contribution in [0.3, 0.4) is 0 Å². The number of carbonyl (C=O) groups excluding carboxylic acids is 3. The van der Waals surface area contributed by atoms with Gasteiger partial charge in [0.2, 0.25) is 5.91 Å². The third-order valence-corrected chi connectivity index (χ3v) is 8.52. The summed E-state index contributed by atoms with van der Waals surface area (Å²) in [5.74, 6) is 0.379. The second kappa shape index (κ2) is 10.5. The first-order valence-corrected chi connectivity index (χ1v) is 13.7. The third-order valence-electron chi connectivity index (χ3n) is 8.52. The molecule has 1 aromatic heterocycles. The van der Waals surface area contributed by atoms with Crippen molar-refractivity contribution in [2.45, 2.75) is 25.3 Å². The highest BCUT2D eigenvalue weighted by atomic mass is 16.5. The molecule has 1 unspecified atom stereocenters. The van der Waals surface area contributed by atoms with Crippen molar-refractivity contribution in [3.05, 3.63) is 88.3 Å². The van der Waals surface area contributed by atoms with Crippen LogP contribution in [0.1, 0.15) is 23.6 Å². The van der Waals surface area contributed by atoms with Crippen LogP contribution >= 0.6 is 0 Å². The van der Waals surface area contributed by atoms with E-state index in [9.17, 15) is 19.2 Å². The molecule has 10 heteroatoms. The Hall–Kier alpha value is -4.44. The largest absolute Gasteiger partial charge is 0.497 e. The van der Waals surface area contributed by atoms with Crippen molar-refractivity contribution in [2.75, 3.05) is 38.8 Å². The summed E-state index contributed by atoms with van der Waals surface area (Å²) in [4.78, 5) is 57.1. The number of nitrogens with zero attached hydrogens (tertiary/aromatic N) is 3. The van der Waals surface area contributed by atoms with E-state index in [0.29, 0.717) is 36.8 Å². The first-order valence-electron chi connectivity index (χ1n) is 13.7. The molecule has 3 aliphatic heterocycles. The van der Waals surface area contributed by atoms with E-state index < -0.39 is 23.3 Å². The average molecular weight is 557 g/mol. The number of ether oxygens (including phenoxy) is 2. The molecule has 41 heavy (non-hydrogen) atoms. The summed E-state index contributed by atoms with van der Waals surface area (Å²) in [5, 5.41) is 2.48. The molecule has 4 amide bonds. The molecule has 3 aliphatic rings. The zero-order valence-electron chi connectivity index (χ0n) is 23.0. The Bertz CT molecular complexity index is 1550. The molecule has 10 nitrogen and oxygen atoms in total. The molecule has 0 radical (unpaired) electrons. The van der Waals surface area contributed by atoms with Gasteiger partial charge < -0.3 is 18.9 Å². The zero-order valence-corrected chi connectivity index (χ0v) is 23.0. The summed E-state index contributed by atoms with van der Waals surface area (Å²) in [6.45, 7) is 1.97. The number of benzene rings is 2. The molecule has 3 aromatic rings. The summed E-state index contributed by atoms with van der Waals surface area (Å²) in [6, 6.07) is 18.4. The first kappa shape index (κ1) is 26.8. The minimum absolute atomic E-state index is 0.00268. The van der Waals surface area contributed by atoms with Gasteiger partial charge in [-0.05, 0) is 66.8 Å². The topological polar surface area (TPSA) is 110 Å². The molecule has 3 atom stereocenters. The standard InChI is InChI=1S/C31H32N4O6/c1-40-24-10-6-20(7-11-24)15-31(19-33-16-21-14-22(18-33)26-4-3-5-27(36)34(26)17-21)28(37)32-30(39)35(29(31)38)23-8-12-25(41-2)13-9-23/h3-13,21-22H,14-19H2,1-2H3,(H,32,37,39)/t21-,22+,31?/m0/s1. The molecule has 4 heterocycles. The predicted molar refractivity (Wildman–Crippen MR) is 151 cm³/mol. The van der Waals surface area contributed by atoms with Crippen molar-refractivity contribution < 1.29 is 23.9 Å². The predicted octanol–water partition coefficient (Wildman–Crippen LogP) is 2.80. The lowest BCUT2D eigenvalue weighted by atomic mass is 9.75. The van der Waals surface area contributed by atoms with Crippen LogP contribution in [-0.2, 0) is 22.6 Å². The molecule has 212 valence electrons. The molecule has 6 rings (SSSR count). The number of amides is 4. The van der Waals surface area contributed by atoms with E-state index in [1.54, 1.807) is 55.6 Å². The van der Waals surface area contributed by atoms with Gasteiger partial charge in [-0.1, -0.05) is 18.2 Å². The maximum absolute atomic E-state index is 14.4. The molecule has 0 spiro atoms. The molecule has 1 N–H and O–H groups in total. The Kier molecular flexibility index (Phi) is 6.86. The van der Waals surface area contributed by atoms with Crippen LogP contribution in [-0.4, -0.2) is 61.2 Å². The van der Waals surface area contributed by atoms with E-state index in [-0.39, 0.29) is 30.4 Å². The monoisotopic (exact) mass is 556 g/mol. The number of hydrogen-bond acceptors (Lipinski definition) is 7. The van der Waals surface area contributed by atoms with E-state index in [2.05, 4.69) is 10.2 Å². The molecule has 0 aliphatic carbocycles. The van der Waals surface area contributed by atoms with Crippen molar-refractivity contribution in [2.24, 2.45) is 11.3 Å². The second-order valence-corrected chi connectivity index (χ2v) is 11.1. The summed E-state index contributed by atoms with van der Waals surface area (Å²) in [5.41, 5.74) is 0.537. The lowest BCUT2D eigenvalue weighted by molar-refractivity contribution is -0.144. The Balaban J connectivity index is 1.37. The van der Waals surface area contributed by atoms with Crippen LogP contribution in [0.15, 0.2) is 71.5 Å². The number of aromatic nitrogens is 1. The molecular weight excluding hydrogens is 524 g/mol. The lowest BCUT2D eigenvalue weighted by Gasteiger charge is -2.47. The number of methoxy groups -OCH3 is 2. The number of imide groups is 2. The van der Waals surface area contributed by atoms with E-state index in [0.717, 1.165) is 22.6 Å². The van der Waals surface area contributed by atoms with Crippen molar-refractivity contribution in [1.82, 2.24) is 14.8 Å².